The van der Waals surface area contributed by atoms with Crippen molar-refractivity contribution in [3.05, 3.63) is 24.0 Å². The van der Waals surface area contributed by atoms with Gasteiger partial charge >= 0.3 is 5.97 Å². The van der Waals surface area contributed by atoms with Crippen molar-refractivity contribution in [3.63, 3.8) is 0 Å². The van der Waals surface area contributed by atoms with E-state index in [0.29, 0.717) is 12.1 Å². The number of aromatic nitrogens is 2. The molecule has 0 fully saturated rings. The molecule has 0 aromatic carbocycles. The number of methoxy groups -OCH3 is 1. The highest BCUT2D eigenvalue weighted by atomic mass is 16.5. The molecule has 6 nitrogen and oxygen atoms in total. The van der Waals surface area contributed by atoms with Crippen LogP contribution in [0.5, 0.6) is 0 Å². The molecule has 6 heteroatoms. The van der Waals surface area contributed by atoms with Crippen LogP contribution in [-0.2, 0) is 9.53 Å². The number of carbonyl (C=O) groups excluding carboxylic acids is 2. The molecule has 86 valence electrons. The number of rotatable bonds is 4. The van der Waals surface area contributed by atoms with Gasteiger partial charge in [0.15, 0.2) is 0 Å². The predicted molar refractivity (Wildman–Crippen MR) is 55.6 cm³/mol. The third-order valence-corrected chi connectivity index (χ3v) is 2.06. The third kappa shape index (κ3) is 3.30. The van der Waals surface area contributed by atoms with Crippen molar-refractivity contribution in [2.75, 3.05) is 20.7 Å². The Labute approximate surface area is 93.2 Å². The van der Waals surface area contributed by atoms with Crippen LogP contribution in [-0.4, -0.2) is 47.7 Å². The van der Waals surface area contributed by atoms with E-state index in [-0.39, 0.29) is 18.3 Å². The summed E-state index contributed by atoms with van der Waals surface area (Å²) in [6.45, 7) is 0.313. The number of hydrogen-bond acceptors (Lipinski definition) is 5. The van der Waals surface area contributed by atoms with E-state index in [1.54, 1.807) is 13.1 Å². The Kier molecular flexibility index (Phi) is 4.38. The number of hydrogen-bond donors (Lipinski definition) is 0. The monoisotopic (exact) mass is 223 g/mol. The molecule has 0 aliphatic heterocycles. The molecule has 1 heterocycles. The molecule has 0 aliphatic carbocycles. The lowest BCUT2D eigenvalue weighted by Crippen LogP contribution is -2.29. The van der Waals surface area contributed by atoms with Gasteiger partial charge in [-0.05, 0) is 6.07 Å². The van der Waals surface area contributed by atoms with E-state index in [4.69, 9.17) is 0 Å². The lowest BCUT2D eigenvalue weighted by Gasteiger charge is -2.15. The van der Waals surface area contributed by atoms with E-state index in [2.05, 4.69) is 14.9 Å². The fourth-order valence-electron chi connectivity index (χ4n) is 1.10. The summed E-state index contributed by atoms with van der Waals surface area (Å²) in [4.78, 5) is 24.1. The first-order valence-electron chi connectivity index (χ1n) is 4.74. The zero-order chi connectivity index (χ0) is 12.0. The smallest absolute Gasteiger partial charge is 0.307 e. The Balaban J connectivity index is 2.52. The predicted octanol–water partition coefficient (Wildman–Crippen LogP) is 0.112. The topological polar surface area (TPSA) is 72.4 Å². The maximum absolute atomic E-state index is 11.8. The summed E-state index contributed by atoms with van der Waals surface area (Å²) in [7, 11) is 2.93. The maximum Gasteiger partial charge on any atom is 0.307 e. The van der Waals surface area contributed by atoms with Crippen molar-refractivity contribution < 1.29 is 14.3 Å². The van der Waals surface area contributed by atoms with Crippen LogP contribution in [0.15, 0.2) is 18.5 Å². The molecule has 0 aliphatic rings. The summed E-state index contributed by atoms with van der Waals surface area (Å²) in [6, 6.07) is 1.57. The van der Waals surface area contributed by atoms with E-state index in [1.807, 2.05) is 0 Å². The minimum absolute atomic E-state index is 0.178. The number of nitrogens with zero attached hydrogens (tertiary/aromatic N) is 3. The molecule has 1 rings (SSSR count). The molecule has 1 aromatic heterocycles. The minimum atomic E-state index is -0.340. The summed E-state index contributed by atoms with van der Waals surface area (Å²) in [5.74, 6) is -0.536. The van der Waals surface area contributed by atoms with Gasteiger partial charge in [0, 0.05) is 13.6 Å². The summed E-state index contributed by atoms with van der Waals surface area (Å²) >= 11 is 0. The van der Waals surface area contributed by atoms with Crippen LogP contribution >= 0.6 is 0 Å². The molecular formula is C10H13N3O3. The Bertz CT molecular complexity index is 367. The number of ether oxygens (including phenoxy) is 1. The second-order valence-electron chi connectivity index (χ2n) is 3.18. The Morgan fingerprint density at radius 2 is 2.19 bits per heavy atom. The van der Waals surface area contributed by atoms with Crippen molar-refractivity contribution >= 4 is 11.9 Å². The molecule has 0 saturated carbocycles. The maximum atomic E-state index is 11.8. The second kappa shape index (κ2) is 5.79. The van der Waals surface area contributed by atoms with Crippen LogP contribution in [0, 0.1) is 0 Å². The molecule has 0 saturated heterocycles. The first kappa shape index (κ1) is 12.1. The molecule has 0 bridgehead atoms. The van der Waals surface area contributed by atoms with E-state index in [1.165, 1.54) is 24.4 Å². The van der Waals surface area contributed by atoms with Crippen LogP contribution in [0.2, 0.25) is 0 Å². The van der Waals surface area contributed by atoms with Crippen molar-refractivity contribution in [2.45, 2.75) is 6.42 Å². The first-order valence-corrected chi connectivity index (χ1v) is 4.74. The SMILES string of the molecule is COC(=O)CCN(C)C(=O)c1ccnnc1. The normalized spacial score (nSPS) is 9.62. The van der Waals surface area contributed by atoms with Gasteiger partial charge in [-0.3, -0.25) is 9.59 Å². The van der Waals surface area contributed by atoms with E-state index in [9.17, 15) is 9.59 Å². The Morgan fingerprint density at radius 1 is 1.44 bits per heavy atom. The van der Waals surface area contributed by atoms with E-state index in [0.717, 1.165) is 0 Å². The highest BCUT2D eigenvalue weighted by molar-refractivity contribution is 5.93. The van der Waals surface area contributed by atoms with Crippen molar-refractivity contribution in [2.24, 2.45) is 0 Å². The van der Waals surface area contributed by atoms with Crippen molar-refractivity contribution in [3.8, 4) is 0 Å². The van der Waals surface area contributed by atoms with Gasteiger partial charge in [-0.1, -0.05) is 0 Å². The van der Waals surface area contributed by atoms with Gasteiger partial charge in [0.05, 0.1) is 31.5 Å². The van der Waals surface area contributed by atoms with Gasteiger partial charge in [0.2, 0.25) is 0 Å². The van der Waals surface area contributed by atoms with Gasteiger partial charge in [0.1, 0.15) is 0 Å². The zero-order valence-corrected chi connectivity index (χ0v) is 9.21. The highest BCUT2D eigenvalue weighted by Crippen LogP contribution is 2.01. The third-order valence-electron chi connectivity index (χ3n) is 2.06. The average Bonchev–Trinajstić information content (AvgIpc) is 2.35. The zero-order valence-electron chi connectivity index (χ0n) is 9.21. The van der Waals surface area contributed by atoms with Crippen molar-refractivity contribution in [1.29, 1.82) is 0 Å². The van der Waals surface area contributed by atoms with E-state index < -0.39 is 0 Å². The van der Waals surface area contributed by atoms with Crippen LogP contribution in [0.4, 0.5) is 0 Å². The largest absolute Gasteiger partial charge is 0.469 e. The standard InChI is InChI=1S/C10H13N3O3/c1-13(6-4-9(14)16-2)10(15)8-3-5-11-12-7-8/h3,5,7H,4,6H2,1-2H3. The quantitative estimate of drug-likeness (QED) is 0.677. The fourth-order valence-corrected chi connectivity index (χ4v) is 1.10. The van der Waals surface area contributed by atoms with Crippen LogP contribution in [0.25, 0.3) is 0 Å². The van der Waals surface area contributed by atoms with Gasteiger partial charge in [-0.25, -0.2) is 0 Å². The van der Waals surface area contributed by atoms with Gasteiger partial charge < -0.3 is 9.64 Å². The summed E-state index contributed by atoms with van der Waals surface area (Å²) in [5.41, 5.74) is 0.447. The average molecular weight is 223 g/mol. The molecule has 16 heavy (non-hydrogen) atoms. The number of esters is 1. The fraction of sp³-hybridized carbons (Fsp3) is 0.400. The summed E-state index contributed by atoms with van der Waals surface area (Å²) < 4.78 is 4.49. The Morgan fingerprint density at radius 3 is 2.75 bits per heavy atom. The first-order chi connectivity index (χ1) is 7.65. The lowest BCUT2D eigenvalue weighted by molar-refractivity contribution is -0.140. The van der Waals surface area contributed by atoms with Gasteiger partial charge in [-0.2, -0.15) is 10.2 Å². The Hall–Kier alpha value is -1.98. The summed E-state index contributed by atoms with van der Waals surface area (Å²) in [5, 5.41) is 7.19. The molecule has 1 amide bonds. The van der Waals surface area contributed by atoms with Crippen LogP contribution < -0.4 is 0 Å². The molecule has 1 aromatic rings. The molecule has 0 unspecified atom stereocenters. The number of carbonyl (C=O) groups is 2. The molecule has 0 atom stereocenters. The minimum Gasteiger partial charge on any atom is -0.469 e. The van der Waals surface area contributed by atoms with Crippen LogP contribution in [0.3, 0.4) is 0 Å². The number of amides is 1. The van der Waals surface area contributed by atoms with Crippen molar-refractivity contribution in [1.82, 2.24) is 15.1 Å². The molecular weight excluding hydrogens is 210 g/mol. The molecule has 0 radical (unpaired) electrons. The highest BCUT2D eigenvalue weighted by Gasteiger charge is 2.12. The van der Waals surface area contributed by atoms with Gasteiger partial charge in [-0.15, -0.1) is 0 Å². The van der Waals surface area contributed by atoms with Crippen LogP contribution in [0.1, 0.15) is 16.8 Å². The molecule has 0 spiro atoms. The summed E-state index contributed by atoms with van der Waals surface area (Å²) in [6.07, 6.45) is 3.01. The van der Waals surface area contributed by atoms with E-state index >= 15 is 0 Å². The second-order valence-corrected chi connectivity index (χ2v) is 3.18. The van der Waals surface area contributed by atoms with Gasteiger partial charge in [0.25, 0.3) is 5.91 Å². The molecule has 0 N–H and O–H groups in total. The lowest BCUT2D eigenvalue weighted by atomic mass is 10.2.